The van der Waals surface area contributed by atoms with Gasteiger partial charge in [0.2, 0.25) is 0 Å². The number of alkyl halides is 5. The largest absolute Gasteiger partial charge is 0.527 e. The summed E-state index contributed by atoms with van der Waals surface area (Å²) in [5.41, 5.74) is -2.15. The first-order valence-electron chi connectivity index (χ1n) is 13.9. The van der Waals surface area contributed by atoms with Crippen molar-refractivity contribution in [3.63, 3.8) is 0 Å². The molecule has 0 heterocycles. The van der Waals surface area contributed by atoms with Crippen LogP contribution in [0.5, 0.6) is 5.75 Å². The number of carbonyl (C=O) groups is 1. The number of esters is 1. The minimum Gasteiger partial charge on any atom is -0.423 e. The Bertz CT molecular complexity index is 1190. The molecule has 2 saturated carbocycles. The van der Waals surface area contributed by atoms with E-state index in [4.69, 9.17) is 4.74 Å². The van der Waals surface area contributed by atoms with Crippen LogP contribution in [0.3, 0.4) is 0 Å². The van der Waals surface area contributed by atoms with E-state index in [0.29, 0.717) is 5.92 Å². The fourth-order valence-electron chi connectivity index (χ4n) is 6.48. The summed E-state index contributed by atoms with van der Waals surface area (Å²) in [4.78, 5) is 12.5. The van der Waals surface area contributed by atoms with Gasteiger partial charge in [-0.2, -0.15) is 8.78 Å². The van der Waals surface area contributed by atoms with E-state index < -0.39 is 52.8 Å². The Morgan fingerprint density at radius 2 is 1.37 bits per heavy atom. The molecule has 0 unspecified atom stereocenters. The molecule has 0 amide bonds. The van der Waals surface area contributed by atoms with Crippen LogP contribution in [0.25, 0.3) is 0 Å². The molecule has 0 spiro atoms. The summed E-state index contributed by atoms with van der Waals surface area (Å²) in [5.74, 6) is -5.15. The molecule has 2 aromatic carbocycles. The predicted octanol–water partition coefficient (Wildman–Crippen LogP) is 9.79. The van der Waals surface area contributed by atoms with Crippen LogP contribution < -0.4 is 4.74 Å². The normalized spacial score (nSPS) is 23.8. The minimum absolute atomic E-state index is 0.0882. The number of halogens is 8. The van der Waals surface area contributed by atoms with Crippen molar-refractivity contribution < 1.29 is 49.4 Å². The summed E-state index contributed by atoms with van der Waals surface area (Å²) in [6.07, 6.45) is 0.294. The van der Waals surface area contributed by atoms with E-state index in [2.05, 4.69) is 11.7 Å². The molecule has 0 radical (unpaired) electrons. The number of hydrogen-bond acceptors (Lipinski definition) is 3. The van der Waals surface area contributed by atoms with E-state index in [1.54, 1.807) is 6.07 Å². The number of hydrogen-bond donors (Lipinski definition) is 0. The van der Waals surface area contributed by atoms with Crippen LogP contribution in [0.15, 0.2) is 30.3 Å². The highest BCUT2D eigenvalue weighted by molar-refractivity contribution is 5.91. The van der Waals surface area contributed by atoms with Gasteiger partial charge in [0.05, 0.1) is 5.56 Å². The van der Waals surface area contributed by atoms with Gasteiger partial charge in [-0.3, -0.25) is 0 Å². The van der Waals surface area contributed by atoms with Crippen LogP contribution in [0.2, 0.25) is 0 Å². The Balaban J connectivity index is 1.37. The van der Waals surface area contributed by atoms with Crippen molar-refractivity contribution >= 4 is 5.97 Å². The Hall–Kier alpha value is -2.69. The van der Waals surface area contributed by atoms with Crippen LogP contribution in [0.4, 0.5) is 35.1 Å². The first-order valence-corrected chi connectivity index (χ1v) is 13.9. The van der Waals surface area contributed by atoms with E-state index in [0.717, 1.165) is 43.1 Å². The van der Waals surface area contributed by atoms with Crippen molar-refractivity contribution in [2.24, 2.45) is 17.8 Å². The minimum atomic E-state index is -5.88. The van der Waals surface area contributed by atoms with Gasteiger partial charge >= 0.3 is 18.4 Å². The molecule has 0 aliphatic heterocycles. The molecule has 3 nitrogen and oxygen atoms in total. The zero-order valence-electron chi connectivity index (χ0n) is 22.5. The Morgan fingerprint density at radius 1 is 0.805 bits per heavy atom. The molecule has 4 rings (SSSR count). The van der Waals surface area contributed by atoms with Gasteiger partial charge in [-0.1, -0.05) is 38.7 Å². The molecule has 2 aliphatic carbocycles. The van der Waals surface area contributed by atoms with Crippen LogP contribution >= 0.6 is 0 Å². The summed E-state index contributed by atoms with van der Waals surface area (Å²) in [7, 11) is 0. The smallest absolute Gasteiger partial charge is 0.423 e. The quantitative estimate of drug-likeness (QED) is 0.174. The van der Waals surface area contributed by atoms with E-state index >= 15 is 0 Å². The van der Waals surface area contributed by atoms with E-state index in [-0.39, 0.29) is 18.1 Å². The van der Waals surface area contributed by atoms with E-state index in [1.807, 2.05) is 0 Å². The van der Waals surface area contributed by atoms with Gasteiger partial charge in [-0.05, 0) is 79.9 Å². The van der Waals surface area contributed by atoms with Crippen molar-refractivity contribution in [2.45, 2.75) is 89.5 Å². The Kier molecular flexibility index (Phi) is 9.66. The third-order valence-corrected chi connectivity index (χ3v) is 8.47. The standard InChI is InChI=1S/C30H32F8O3/c1-2-3-17-4-6-18(7-5-17)19-8-10-20(11-9-19)21-12-13-23(24(31)14-21)28(39)40-22-15-25(32)27(26(33)16-22)29(34,35)41-30(36,37)38/h12-20H,2-11H2,1H3. The SMILES string of the molecule is CCCC1CCC(C2CCC(c3ccc(C(=O)Oc4cc(F)c(C(F)(F)OC(F)(F)F)c(F)c4)c(F)c3)CC2)CC1. The maximum Gasteiger partial charge on any atom is 0.527 e. The lowest BCUT2D eigenvalue weighted by atomic mass is 9.68. The molecule has 226 valence electrons. The highest BCUT2D eigenvalue weighted by Gasteiger charge is 2.49. The number of ether oxygens (including phenoxy) is 2. The Labute approximate surface area is 233 Å². The van der Waals surface area contributed by atoms with Gasteiger partial charge in [-0.25, -0.2) is 22.7 Å². The molecule has 2 aliphatic rings. The summed E-state index contributed by atoms with van der Waals surface area (Å²) in [6, 6.07) is 4.16. The second-order valence-electron chi connectivity index (χ2n) is 11.1. The molecule has 0 N–H and O–H groups in total. The van der Waals surface area contributed by atoms with Crippen molar-refractivity contribution in [3.05, 3.63) is 64.5 Å². The van der Waals surface area contributed by atoms with Gasteiger partial charge in [0.15, 0.2) is 0 Å². The maximum absolute atomic E-state index is 14.9. The molecule has 0 saturated heterocycles. The molecule has 11 heteroatoms. The lowest BCUT2D eigenvalue weighted by Crippen LogP contribution is -2.29. The second-order valence-corrected chi connectivity index (χ2v) is 11.1. The highest BCUT2D eigenvalue weighted by atomic mass is 19.4. The zero-order chi connectivity index (χ0) is 29.9. The topological polar surface area (TPSA) is 35.5 Å². The van der Waals surface area contributed by atoms with E-state index in [1.165, 1.54) is 50.7 Å². The number of benzene rings is 2. The van der Waals surface area contributed by atoms with Gasteiger partial charge in [0.25, 0.3) is 0 Å². The van der Waals surface area contributed by atoms with Gasteiger partial charge in [0.1, 0.15) is 28.8 Å². The second kappa shape index (κ2) is 12.7. The lowest BCUT2D eigenvalue weighted by molar-refractivity contribution is -0.432. The summed E-state index contributed by atoms with van der Waals surface area (Å²) in [5, 5.41) is 0. The molecule has 2 aromatic rings. The lowest BCUT2D eigenvalue weighted by Gasteiger charge is -2.38. The summed E-state index contributed by atoms with van der Waals surface area (Å²) >= 11 is 0. The molecule has 0 bridgehead atoms. The molecule has 41 heavy (non-hydrogen) atoms. The first kappa shape index (κ1) is 31.3. The highest BCUT2D eigenvalue weighted by Crippen LogP contribution is 2.45. The third-order valence-electron chi connectivity index (χ3n) is 8.47. The van der Waals surface area contributed by atoms with Crippen molar-refractivity contribution in [3.8, 4) is 5.75 Å². The molecular formula is C30H32F8O3. The van der Waals surface area contributed by atoms with Gasteiger partial charge in [-0.15, -0.1) is 13.2 Å². The fourth-order valence-corrected chi connectivity index (χ4v) is 6.48. The van der Waals surface area contributed by atoms with Crippen molar-refractivity contribution in [2.75, 3.05) is 0 Å². The average molecular weight is 593 g/mol. The predicted molar refractivity (Wildman–Crippen MR) is 134 cm³/mol. The molecule has 0 atom stereocenters. The molecule has 0 aromatic heterocycles. The van der Waals surface area contributed by atoms with Crippen LogP contribution in [0.1, 0.15) is 98.5 Å². The van der Waals surface area contributed by atoms with Crippen LogP contribution in [-0.4, -0.2) is 12.3 Å². The van der Waals surface area contributed by atoms with Gasteiger partial charge in [0, 0.05) is 12.1 Å². The third kappa shape index (κ3) is 7.78. The first-order chi connectivity index (χ1) is 19.3. The molecular weight excluding hydrogens is 560 g/mol. The Morgan fingerprint density at radius 3 is 1.88 bits per heavy atom. The number of rotatable bonds is 8. The van der Waals surface area contributed by atoms with Crippen molar-refractivity contribution in [1.82, 2.24) is 0 Å². The monoisotopic (exact) mass is 592 g/mol. The average Bonchev–Trinajstić information content (AvgIpc) is 2.87. The van der Waals surface area contributed by atoms with Crippen molar-refractivity contribution in [1.29, 1.82) is 0 Å². The summed E-state index contributed by atoms with van der Waals surface area (Å²) in [6.45, 7) is 2.22. The fraction of sp³-hybridized carbons (Fsp3) is 0.567. The van der Waals surface area contributed by atoms with Crippen LogP contribution in [0, 0.1) is 35.2 Å². The number of carbonyl (C=O) groups excluding carboxylic acids is 1. The molecule has 2 fully saturated rings. The van der Waals surface area contributed by atoms with Crippen LogP contribution in [-0.2, 0) is 10.8 Å². The van der Waals surface area contributed by atoms with Gasteiger partial charge < -0.3 is 4.74 Å². The zero-order valence-corrected chi connectivity index (χ0v) is 22.5. The summed E-state index contributed by atoms with van der Waals surface area (Å²) < 4.78 is 114. The van der Waals surface area contributed by atoms with E-state index in [9.17, 15) is 39.9 Å². The maximum atomic E-state index is 14.9.